The summed E-state index contributed by atoms with van der Waals surface area (Å²) in [4.78, 5) is 23.7. The lowest BCUT2D eigenvalue weighted by Gasteiger charge is -2.47. The first kappa shape index (κ1) is 12.0. The van der Waals surface area contributed by atoms with Crippen LogP contribution in [0.3, 0.4) is 0 Å². The summed E-state index contributed by atoms with van der Waals surface area (Å²) in [5.74, 6) is 0.0750. The van der Waals surface area contributed by atoms with Crippen LogP contribution in [0, 0.1) is 17.8 Å². The van der Waals surface area contributed by atoms with Crippen LogP contribution in [-0.2, 0) is 9.53 Å². The summed E-state index contributed by atoms with van der Waals surface area (Å²) in [6.45, 7) is 5.12. The first-order chi connectivity index (χ1) is 8.11. The molecule has 1 saturated heterocycles. The zero-order valence-corrected chi connectivity index (χ0v) is 9.67. The number of aliphatic carboxylic acids is 1. The molecule has 2 rings (SSSR count). The van der Waals surface area contributed by atoms with E-state index in [0.29, 0.717) is 24.9 Å². The molecule has 1 aliphatic carbocycles. The quantitative estimate of drug-likeness (QED) is 0.752. The van der Waals surface area contributed by atoms with Crippen LogP contribution < -0.4 is 0 Å². The molecule has 0 radical (unpaired) electrons. The average molecular weight is 239 g/mol. The number of ether oxygens (including phenoxy) is 1. The number of hydrogen-bond acceptors (Lipinski definition) is 3. The lowest BCUT2D eigenvalue weighted by atomic mass is 9.66. The van der Waals surface area contributed by atoms with Crippen molar-refractivity contribution in [2.75, 3.05) is 19.7 Å². The highest BCUT2D eigenvalue weighted by molar-refractivity contribution is 5.71. The Bertz CT molecular complexity index is 329. The minimum Gasteiger partial charge on any atom is -0.481 e. The Hall–Kier alpha value is -1.52. The topological polar surface area (TPSA) is 66.8 Å². The summed E-state index contributed by atoms with van der Waals surface area (Å²) in [7, 11) is 0. The van der Waals surface area contributed by atoms with E-state index in [4.69, 9.17) is 9.84 Å². The number of amides is 1. The maximum absolute atomic E-state index is 11.4. The second-order valence-electron chi connectivity index (χ2n) is 4.80. The third kappa shape index (κ3) is 2.43. The molecule has 1 saturated carbocycles. The van der Waals surface area contributed by atoms with Crippen LogP contribution in [0.25, 0.3) is 0 Å². The number of carbonyl (C=O) groups is 2. The molecule has 1 aliphatic heterocycles. The van der Waals surface area contributed by atoms with Crippen LogP contribution in [0.2, 0.25) is 0 Å². The molecule has 0 spiro atoms. The van der Waals surface area contributed by atoms with E-state index in [0.717, 1.165) is 12.8 Å². The molecule has 2 fully saturated rings. The number of nitrogens with zero attached hydrogens (tertiary/aromatic N) is 1. The molecule has 1 heterocycles. The summed E-state index contributed by atoms with van der Waals surface area (Å²) in [5, 5.41) is 8.77. The van der Waals surface area contributed by atoms with Gasteiger partial charge >= 0.3 is 12.1 Å². The number of likely N-dealkylation sites (tertiary alicyclic amines) is 1. The summed E-state index contributed by atoms with van der Waals surface area (Å²) >= 11 is 0. The van der Waals surface area contributed by atoms with Gasteiger partial charge in [-0.05, 0) is 24.7 Å². The van der Waals surface area contributed by atoms with Crippen molar-refractivity contribution in [3.63, 3.8) is 0 Å². The second-order valence-corrected chi connectivity index (χ2v) is 4.80. The van der Waals surface area contributed by atoms with E-state index in [2.05, 4.69) is 6.58 Å². The van der Waals surface area contributed by atoms with Crippen LogP contribution in [0.15, 0.2) is 12.7 Å². The Morgan fingerprint density at radius 1 is 1.35 bits per heavy atom. The van der Waals surface area contributed by atoms with Crippen molar-refractivity contribution in [2.45, 2.75) is 12.8 Å². The molecule has 17 heavy (non-hydrogen) atoms. The number of carboxylic acids is 1. The first-order valence-corrected chi connectivity index (χ1v) is 5.87. The molecular formula is C12H17NO4. The Morgan fingerprint density at radius 3 is 2.53 bits per heavy atom. The number of hydrogen-bond donors (Lipinski definition) is 1. The van der Waals surface area contributed by atoms with Crippen molar-refractivity contribution in [1.82, 2.24) is 4.90 Å². The van der Waals surface area contributed by atoms with Gasteiger partial charge in [-0.1, -0.05) is 12.7 Å². The molecule has 5 nitrogen and oxygen atoms in total. The molecule has 0 aromatic rings. The fourth-order valence-corrected chi connectivity index (χ4v) is 2.43. The predicted octanol–water partition coefficient (Wildman–Crippen LogP) is 1.35. The van der Waals surface area contributed by atoms with E-state index >= 15 is 0 Å². The van der Waals surface area contributed by atoms with E-state index in [-0.39, 0.29) is 18.6 Å². The molecular weight excluding hydrogens is 222 g/mol. The van der Waals surface area contributed by atoms with Crippen LogP contribution >= 0.6 is 0 Å². The van der Waals surface area contributed by atoms with Gasteiger partial charge in [0.1, 0.15) is 6.61 Å². The lowest BCUT2D eigenvalue weighted by Crippen LogP contribution is -2.55. The maximum Gasteiger partial charge on any atom is 0.410 e. The molecule has 1 N–H and O–H groups in total. The minimum atomic E-state index is -0.692. The Balaban J connectivity index is 1.65. The van der Waals surface area contributed by atoms with Gasteiger partial charge in [-0.3, -0.25) is 4.79 Å². The van der Waals surface area contributed by atoms with Crippen molar-refractivity contribution in [1.29, 1.82) is 0 Å². The molecule has 0 aromatic carbocycles. The third-order valence-corrected chi connectivity index (χ3v) is 3.68. The van der Waals surface area contributed by atoms with Gasteiger partial charge in [-0.15, -0.1) is 0 Å². The first-order valence-electron chi connectivity index (χ1n) is 5.87. The van der Waals surface area contributed by atoms with Gasteiger partial charge in [0, 0.05) is 13.1 Å². The van der Waals surface area contributed by atoms with Crippen molar-refractivity contribution in [3.8, 4) is 0 Å². The van der Waals surface area contributed by atoms with Gasteiger partial charge in [-0.2, -0.15) is 0 Å². The highest BCUT2D eigenvalue weighted by atomic mass is 16.6. The smallest absolute Gasteiger partial charge is 0.410 e. The van der Waals surface area contributed by atoms with E-state index < -0.39 is 5.97 Å². The molecule has 0 aromatic heterocycles. The second kappa shape index (κ2) is 4.77. The van der Waals surface area contributed by atoms with Gasteiger partial charge in [0.2, 0.25) is 0 Å². The van der Waals surface area contributed by atoms with Crippen LogP contribution in [-0.4, -0.2) is 41.8 Å². The zero-order valence-electron chi connectivity index (χ0n) is 9.67. The minimum absolute atomic E-state index is 0.165. The summed E-state index contributed by atoms with van der Waals surface area (Å²) in [5.41, 5.74) is 0. The van der Waals surface area contributed by atoms with Gasteiger partial charge in [0.15, 0.2) is 0 Å². The van der Waals surface area contributed by atoms with Crippen LogP contribution in [0.5, 0.6) is 0 Å². The van der Waals surface area contributed by atoms with Crippen molar-refractivity contribution in [3.05, 3.63) is 12.7 Å². The van der Waals surface area contributed by atoms with Gasteiger partial charge in [0.25, 0.3) is 0 Å². The molecule has 1 amide bonds. The fraction of sp³-hybridized carbons (Fsp3) is 0.667. The average Bonchev–Trinajstić information content (AvgIpc) is 2.14. The van der Waals surface area contributed by atoms with E-state index in [9.17, 15) is 9.59 Å². The molecule has 2 aliphatic rings. The monoisotopic (exact) mass is 239 g/mol. The summed E-state index contributed by atoms with van der Waals surface area (Å²) in [6, 6.07) is 0. The maximum atomic E-state index is 11.4. The number of carbonyl (C=O) groups excluding carboxylic acids is 1. The molecule has 0 bridgehead atoms. The van der Waals surface area contributed by atoms with Crippen molar-refractivity contribution in [2.24, 2.45) is 17.8 Å². The Morgan fingerprint density at radius 2 is 2.00 bits per heavy atom. The van der Waals surface area contributed by atoms with E-state index in [1.807, 2.05) is 0 Å². The molecule has 5 heteroatoms. The highest BCUT2D eigenvalue weighted by Crippen LogP contribution is 2.42. The molecule has 0 atom stereocenters. The predicted molar refractivity (Wildman–Crippen MR) is 60.5 cm³/mol. The van der Waals surface area contributed by atoms with Gasteiger partial charge in [-0.25, -0.2) is 4.79 Å². The standard InChI is InChI=1S/C12H17NO4/c1-2-3-17-12(16)13-6-10(7-13)8-4-9(5-8)11(14)15/h2,8-10H,1,3-7H2,(H,14,15). The SMILES string of the molecule is C=CCOC(=O)N1CC(C2CC(C(=O)O)C2)C1. The van der Waals surface area contributed by atoms with E-state index in [1.54, 1.807) is 11.0 Å². The van der Waals surface area contributed by atoms with E-state index in [1.165, 1.54) is 0 Å². The zero-order chi connectivity index (χ0) is 12.4. The summed E-state index contributed by atoms with van der Waals surface area (Å²) in [6.07, 6.45) is 2.76. The number of carboxylic acid groups (broad SMARTS) is 1. The Labute approximate surface area is 100 Å². The lowest BCUT2D eigenvalue weighted by molar-refractivity contribution is -0.148. The molecule has 0 unspecified atom stereocenters. The van der Waals surface area contributed by atoms with Crippen LogP contribution in [0.4, 0.5) is 4.79 Å². The highest BCUT2D eigenvalue weighted by Gasteiger charge is 2.44. The third-order valence-electron chi connectivity index (χ3n) is 3.68. The van der Waals surface area contributed by atoms with Crippen molar-refractivity contribution >= 4 is 12.1 Å². The van der Waals surface area contributed by atoms with Crippen molar-refractivity contribution < 1.29 is 19.4 Å². The van der Waals surface area contributed by atoms with Crippen LogP contribution in [0.1, 0.15) is 12.8 Å². The van der Waals surface area contributed by atoms with Gasteiger partial charge in [0.05, 0.1) is 5.92 Å². The number of rotatable bonds is 4. The molecule has 94 valence electrons. The largest absolute Gasteiger partial charge is 0.481 e. The van der Waals surface area contributed by atoms with Gasteiger partial charge < -0.3 is 14.7 Å². The normalized spacial score (nSPS) is 27.9. The Kier molecular flexibility index (Phi) is 3.36. The fourth-order valence-electron chi connectivity index (χ4n) is 2.43. The summed E-state index contributed by atoms with van der Waals surface area (Å²) < 4.78 is 4.91.